The molecule has 1 amide bonds. The molecule has 8 heteroatoms. The minimum absolute atomic E-state index is 0.0437. The van der Waals surface area contributed by atoms with E-state index in [0.717, 1.165) is 16.2 Å². The Morgan fingerprint density at radius 2 is 1.79 bits per heavy atom. The van der Waals surface area contributed by atoms with Gasteiger partial charge in [0.05, 0.1) is 38.2 Å². The zero-order chi connectivity index (χ0) is 20.9. The lowest BCUT2D eigenvalue weighted by Gasteiger charge is -2.32. The Labute approximate surface area is 172 Å². The van der Waals surface area contributed by atoms with Gasteiger partial charge in [0, 0.05) is 13.6 Å². The van der Waals surface area contributed by atoms with E-state index in [1.165, 1.54) is 4.31 Å². The summed E-state index contributed by atoms with van der Waals surface area (Å²) in [6.45, 7) is 2.94. The molecule has 0 spiro atoms. The lowest BCUT2D eigenvalue weighted by Crippen LogP contribution is -3.15. The summed E-state index contributed by atoms with van der Waals surface area (Å²) in [7, 11) is -0.0557. The lowest BCUT2D eigenvalue weighted by atomic mass is 10.2. The smallest absolute Gasteiger partial charge is 0.277 e. The molecule has 3 rings (SSSR count). The Morgan fingerprint density at radius 3 is 2.45 bits per heavy atom. The van der Waals surface area contributed by atoms with Crippen LogP contribution in [-0.2, 0) is 21.4 Å². The van der Waals surface area contributed by atoms with Crippen LogP contribution in [0.15, 0.2) is 59.5 Å². The van der Waals surface area contributed by atoms with Crippen LogP contribution >= 0.6 is 0 Å². The van der Waals surface area contributed by atoms with Crippen LogP contribution in [0.4, 0.5) is 0 Å². The SMILES string of the molecule is COc1cccc(CN(C)C(=O)C[NH+]2CCN(S(=O)(=O)c3ccccc3)CC2)c1. The second-order valence-corrected chi connectivity index (χ2v) is 9.18. The molecule has 1 aliphatic heterocycles. The summed E-state index contributed by atoms with van der Waals surface area (Å²) in [5.41, 5.74) is 1.01. The van der Waals surface area contributed by atoms with E-state index in [1.807, 2.05) is 24.3 Å². The predicted molar refractivity (Wildman–Crippen MR) is 110 cm³/mol. The monoisotopic (exact) mass is 418 g/mol. The van der Waals surface area contributed by atoms with E-state index in [-0.39, 0.29) is 5.91 Å². The first-order valence-electron chi connectivity index (χ1n) is 9.66. The van der Waals surface area contributed by atoms with Crippen LogP contribution in [0.25, 0.3) is 0 Å². The van der Waals surface area contributed by atoms with E-state index >= 15 is 0 Å². The third-order valence-corrected chi connectivity index (χ3v) is 7.10. The van der Waals surface area contributed by atoms with Crippen LogP contribution in [0.3, 0.4) is 0 Å². The van der Waals surface area contributed by atoms with Crippen molar-refractivity contribution in [2.24, 2.45) is 0 Å². The molecule has 1 heterocycles. The van der Waals surface area contributed by atoms with Gasteiger partial charge in [-0.1, -0.05) is 30.3 Å². The van der Waals surface area contributed by atoms with Crippen LogP contribution < -0.4 is 9.64 Å². The van der Waals surface area contributed by atoms with Gasteiger partial charge >= 0.3 is 0 Å². The Kier molecular flexibility index (Phi) is 6.89. The van der Waals surface area contributed by atoms with Crippen LogP contribution in [0.2, 0.25) is 0 Å². The first kappa shape index (κ1) is 21.3. The van der Waals surface area contributed by atoms with Gasteiger partial charge in [0.25, 0.3) is 5.91 Å². The molecule has 1 fully saturated rings. The number of carbonyl (C=O) groups is 1. The van der Waals surface area contributed by atoms with Gasteiger partial charge in [-0.2, -0.15) is 4.31 Å². The summed E-state index contributed by atoms with van der Waals surface area (Å²) < 4.78 is 32.2. The first-order chi connectivity index (χ1) is 13.9. The fourth-order valence-electron chi connectivity index (χ4n) is 3.44. The minimum atomic E-state index is -3.46. The molecule has 1 aliphatic rings. The fraction of sp³-hybridized carbons (Fsp3) is 0.381. The van der Waals surface area contributed by atoms with E-state index in [1.54, 1.807) is 49.4 Å². The number of ether oxygens (including phenoxy) is 1. The van der Waals surface area contributed by atoms with E-state index in [2.05, 4.69) is 0 Å². The van der Waals surface area contributed by atoms with Gasteiger partial charge in [-0.25, -0.2) is 8.42 Å². The zero-order valence-corrected chi connectivity index (χ0v) is 17.7. The van der Waals surface area contributed by atoms with Crippen molar-refractivity contribution in [2.45, 2.75) is 11.4 Å². The molecular formula is C21H28N3O4S+. The number of methoxy groups -OCH3 is 1. The second-order valence-electron chi connectivity index (χ2n) is 7.25. The molecule has 0 aliphatic carbocycles. The maximum Gasteiger partial charge on any atom is 0.277 e. The van der Waals surface area contributed by atoms with Crippen molar-refractivity contribution in [3.63, 3.8) is 0 Å². The average molecular weight is 419 g/mol. The third-order valence-electron chi connectivity index (χ3n) is 5.19. The van der Waals surface area contributed by atoms with E-state index < -0.39 is 10.0 Å². The molecule has 0 radical (unpaired) electrons. The summed E-state index contributed by atoms with van der Waals surface area (Å²) in [6, 6.07) is 16.2. The standard InChI is InChI=1S/C21H27N3O4S/c1-22(16-18-7-6-8-19(15-18)28-2)21(25)17-23-11-13-24(14-12-23)29(26,27)20-9-4-3-5-10-20/h3-10,15H,11-14,16-17H2,1-2H3/p+1. The molecular weight excluding hydrogens is 390 g/mol. The highest BCUT2D eigenvalue weighted by atomic mass is 32.2. The number of amides is 1. The Bertz CT molecular complexity index is 926. The topological polar surface area (TPSA) is 71.4 Å². The van der Waals surface area contributed by atoms with Gasteiger partial charge in [0.2, 0.25) is 10.0 Å². The molecule has 0 saturated carbocycles. The van der Waals surface area contributed by atoms with Gasteiger partial charge in [-0.05, 0) is 29.8 Å². The largest absolute Gasteiger partial charge is 0.497 e. The van der Waals surface area contributed by atoms with Gasteiger partial charge in [-0.15, -0.1) is 0 Å². The number of rotatable bonds is 7. The summed E-state index contributed by atoms with van der Waals surface area (Å²) in [4.78, 5) is 15.7. The number of nitrogens with one attached hydrogen (secondary N) is 1. The molecule has 1 N–H and O–H groups in total. The number of nitrogens with zero attached hydrogens (tertiary/aromatic N) is 2. The molecule has 2 aromatic rings. The van der Waals surface area contributed by atoms with Crippen LogP contribution in [0, 0.1) is 0 Å². The number of likely N-dealkylation sites (N-methyl/N-ethyl adjacent to an activating group) is 1. The summed E-state index contributed by atoms with van der Waals surface area (Å²) in [5, 5.41) is 0. The van der Waals surface area contributed by atoms with Crippen molar-refractivity contribution in [3.05, 3.63) is 60.2 Å². The fourth-order valence-corrected chi connectivity index (χ4v) is 4.91. The molecule has 156 valence electrons. The molecule has 0 aromatic heterocycles. The summed E-state index contributed by atoms with van der Waals surface area (Å²) in [5.74, 6) is 0.812. The van der Waals surface area contributed by atoms with Gasteiger partial charge in [0.1, 0.15) is 5.75 Å². The number of piperazine rings is 1. The molecule has 0 bridgehead atoms. The highest BCUT2D eigenvalue weighted by Crippen LogP contribution is 2.15. The molecule has 7 nitrogen and oxygen atoms in total. The second kappa shape index (κ2) is 9.39. The van der Waals surface area contributed by atoms with Crippen LogP contribution in [0.1, 0.15) is 5.56 Å². The van der Waals surface area contributed by atoms with Crippen molar-refractivity contribution in [1.29, 1.82) is 0 Å². The van der Waals surface area contributed by atoms with E-state index in [0.29, 0.717) is 44.2 Å². The van der Waals surface area contributed by atoms with Crippen molar-refractivity contribution < 1.29 is 22.8 Å². The summed E-state index contributed by atoms with van der Waals surface area (Å²) in [6.07, 6.45) is 0. The maximum atomic E-state index is 12.7. The first-order valence-corrected chi connectivity index (χ1v) is 11.1. The van der Waals surface area contributed by atoms with Crippen molar-refractivity contribution in [2.75, 3.05) is 46.9 Å². The molecule has 1 saturated heterocycles. The van der Waals surface area contributed by atoms with Gasteiger partial charge in [0.15, 0.2) is 6.54 Å². The average Bonchev–Trinajstić information content (AvgIpc) is 2.75. The molecule has 2 aromatic carbocycles. The van der Waals surface area contributed by atoms with E-state index in [9.17, 15) is 13.2 Å². The Hall–Kier alpha value is -2.42. The van der Waals surface area contributed by atoms with Crippen LogP contribution in [-0.4, -0.2) is 70.4 Å². The van der Waals surface area contributed by atoms with Gasteiger partial charge < -0.3 is 14.5 Å². The number of hydrogen-bond donors (Lipinski definition) is 1. The Morgan fingerprint density at radius 1 is 1.10 bits per heavy atom. The number of sulfonamides is 1. The van der Waals surface area contributed by atoms with Gasteiger partial charge in [-0.3, -0.25) is 4.79 Å². The highest BCUT2D eigenvalue weighted by Gasteiger charge is 2.31. The Balaban J connectivity index is 1.51. The predicted octanol–water partition coefficient (Wildman–Crippen LogP) is 0.243. The number of carbonyl (C=O) groups excluding carboxylic acids is 1. The van der Waals surface area contributed by atoms with Crippen LogP contribution in [0.5, 0.6) is 5.75 Å². The third kappa shape index (κ3) is 5.35. The lowest BCUT2D eigenvalue weighted by molar-refractivity contribution is -0.896. The van der Waals surface area contributed by atoms with Crippen molar-refractivity contribution in [1.82, 2.24) is 9.21 Å². The number of benzene rings is 2. The normalized spacial score (nSPS) is 15.8. The zero-order valence-electron chi connectivity index (χ0n) is 16.9. The highest BCUT2D eigenvalue weighted by molar-refractivity contribution is 7.89. The van der Waals surface area contributed by atoms with Crippen molar-refractivity contribution in [3.8, 4) is 5.75 Å². The van der Waals surface area contributed by atoms with Crippen molar-refractivity contribution >= 4 is 15.9 Å². The minimum Gasteiger partial charge on any atom is -0.497 e. The molecule has 0 atom stereocenters. The van der Waals surface area contributed by atoms with E-state index in [4.69, 9.17) is 4.74 Å². The molecule has 29 heavy (non-hydrogen) atoms. The molecule has 0 unspecified atom stereocenters. The number of hydrogen-bond acceptors (Lipinski definition) is 4. The maximum absolute atomic E-state index is 12.7. The summed E-state index contributed by atoms with van der Waals surface area (Å²) >= 11 is 0. The quantitative estimate of drug-likeness (QED) is 0.700. The number of quaternary nitrogens is 1.